The van der Waals surface area contributed by atoms with Gasteiger partial charge in [0.25, 0.3) is 0 Å². The van der Waals surface area contributed by atoms with Crippen LogP contribution in [0, 0.1) is 5.41 Å². The minimum Gasteiger partial charge on any atom is -0.512 e. The van der Waals surface area contributed by atoms with Crippen molar-refractivity contribution in [2.45, 2.75) is 12.8 Å². The quantitative estimate of drug-likeness (QED) is 0.616. The Bertz CT molecular complexity index is 828. The predicted octanol–water partition coefficient (Wildman–Crippen LogP) is 0.235. The van der Waals surface area contributed by atoms with Gasteiger partial charge in [-0.1, -0.05) is 18.2 Å². The summed E-state index contributed by atoms with van der Waals surface area (Å²) in [6, 6.07) is 7.12. The summed E-state index contributed by atoms with van der Waals surface area (Å²) in [5.41, 5.74) is 0.567. The first-order valence-electron chi connectivity index (χ1n) is 5.63. The standard InChI is InChI=1S/C13H11N3O2/c14-12-7-3-1-2-4-8(7)15-16-13-10(18)6-5-9(17)11(12)13/h1-4,14,17-18H,5-6H2. The Morgan fingerprint density at radius 3 is 2.56 bits per heavy atom. The zero-order valence-electron chi connectivity index (χ0n) is 9.51. The Labute approximate surface area is 102 Å². The van der Waals surface area contributed by atoms with Gasteiger partial charge < -0.3 is 10.2 Å². The van der Waals surface area contributed by atoms with Gasteiger partial charge in [0.15, 0.2) is 0 Å². The Kier molecular flexibility index (Phi) is 2.26. The summed E-state index contributed by atoms with van der Waals surface area (Å²) in [6.07, 6.45) is 0.651. The van der Waals surface area contributed by atoms with Crippen molar-refractivity contribution in [3.05, 3.63) is 40.2 Å². The maximum atomic E-state index is 9.93. The molecule has 1 aliphatic carbocycles. The summed E-state index contributed by atoms with van der Waals surface area (Å²) in [7, 11) is 0. The highest BCUT2D eigenvalue weighted by atomic mass is 16.3. The molecule has 90 valence electrons. The second-order valence-electron chi connectivity index (χ2n) is 4.21. The van der Waals surface area contributed by atoms with Crippen LogP contribution in [-0.4, -0.2) is 20.4 Å². The Balaban J connectivity index is 2.74. The maximum absolute atomic E-state index is 9.93. The summed E-state index contributed by atoms with van der Waals surface area (Å²) in [6.45, 7) is 0. The van der Waals surface area contributed by atoms with Crippen molar-refractivity contribution in [2.75, 3.05) is 0 Å². The van der Waals surface area contributed by atoms with Crippen molar-refractivity contribution in [1.82, 2.24) is 10.2 Å². The van der Waals surface area contributed by atoms with Gasteiger partial charge in [-0.05, 0) is 6.07 Å². The zero-order valence-corrected chi connectivity index (χ0v) is 9.51. The Hall–Kier alpha value is -2.43. The van der Waals surface area contributed by atoms with Gasteiger partial charge in [-0.25, -0.2) is 0 Å². The molecule has 0 bridgehead atoms. The molecule has 3 rings (SSSR count). The van der Waals surface area contributed by atoms with Crippen LogP contribution in [0.3, 0.4) is 0 Å². The molecule has 1 aromatic carbocycles. The first-order chi connectivity index (χ1) is 8.68. The monoisotopic (exact) mass is 241 g/mol. The summed E-state index contributed by atoms with van der Waals surface area (Å²) in [5.74, 6) is 0.160. The summed E-state index contributed by atoms with van der Waals surface area (Å²) in [5, 5.41) is 37.2. The van der Waals surface area contributed by atoms with E-state index < -0.39 is 0 Å². The van der Waals surface area contributed by atoms with E-state index in [9.17, 15) is 10.2 Å². The van der Waals surface area contributed by atoms with Crippen molar-refractivity contribution < 1.29 is 10.2 Å². The van der Waals surface area contributed by atoms with E-state index in [1.54, 1.807) is 18.2 Å². The van der Waals surface area contributed by atoms with Crippen LogP contribution in [0.25, 0.3) is 22.4 Å². The van der Waals surface area contributed by atoms with Gasteiger partial charge in [-0.3, -0.25) is 5.41 Å². The van der Waals surface area contributed by atoms with Gasteiger partial charge in [0.05, 0.1) is 16.1 Å². The highest BCUT2D eigenvalue weighted by Crippen LogP contribution is 2.08. The molecule has 0 aliphatic heterocycles. The molecular weight excluding hydrogens is 230 g/mol. The third kappa shape index (κ3) is 1.44. The second kappa shape index (κ2) is 3.80. The van der Waals surface area contributed by atoms with Crippen LogP contribution in [-0.2, 0) is 0 Å². The van der Waals surface area contributed by atoms with Crippen LogP contribution < -0.4 is 15.9 Å². The van der Waals surface area contributed by atoms with E-state index in [0.717, 1.165) is 0 Å². The van der Waals surface area contributed by atoms with Crippen LogP contribution in [0.4, 0.5) is 0 Å². The van der Waals surface area contributed by atoms with Crippen LogP contribution in [0.15, 0.2) is 24.3 Å². The summed E-state index contributed by atoms with van der Waals surface area (Å²) >= 11 is 0. The van der Waals surface area contributed by atoms with Crippen LogP contribution in [0.1, 0.15) is 12.8 Å². The highest BCUT2D eigenvalue weighted by molar-refractivity contribution is 5.77. The third-order valence-electron chi connectivity index (χ3n) is 3.08. The fourth-order valence-electron chi connectivity index (χ4n) is 2.14. The second-order valence-corrected chi connectivity index (χ2v) is 4.21. The molecule has 3 N–H and O–H groups in total. The number of aromatic nitrogens is 2. The minimum absolute atomic E-state index is 0.0732. The molecule has 0 saturated heterocycles. The number of benzene rings is 1. The molecule has 1 aliphatic rings. The first kappa shape index (κ1) is 10.7. The number of aliphatic hydroxyl groups excluding tert-OH is 2. The Morgan fingerprint density at radius 1 is 1.00 bits per heavy atom. The molecule has 0 saturated carbocycles. The number of nitrogens with zero attached hydrogens (tertiary/aromatic N) is 2. The van der Waals surface area contributed by atoms with Crippen LogP contribution >= 0.6 is 0 Å². The van der Waals surface area contributed by atoms with E-state index >= 15 is 0 Å². The number of hydrogen-bond donors (Lipinski definition) is 3. The maximum Gasteiger partial charge on any atom is 0.136 e. The molecule has 0 amide bonds. The number of fused-ring (bicyclic) bond motifs is 2. The van der Waals surface area contributed by atoms with Crippen molar-refractivity contribution in [1.29, 1.82) is 5.41 Å². The molecule has 0 unspecified atom stereocenters. The molecule has 1 aromatic heterocycles. The molecule has 18 heavy (non-hydrogen) atoms. The highest BCUT2D eigenvalue weighted by Gasteiger charge is 2.12. The van der Waals surface area contributed by atoms with Crippen molar-refractivity contribution in [2.24, 2.45) is 0 Å². The van der Waals surface area contributed by atoms with Crippen LogP contribution in [0.2, 0.25) is 0 Å². The van der Waals surface area contributed by atoms with E-state index in [1.165, 1.54) is 0 Å². The summed E-state index contributed by atoms with van der Waals surface area (Å²) in [4.78, 5) is 0. The average Bonchev–Trinajstić information content (AvgIpc) is 2.53. The lowest BCUT2D eigenvalue weighted by molar-refractivity contribution is 0.438. The lowest BCUT2D eigenvalue weighted by Crippen LogP contribution is -2.43. The van der Waals surface area contributed by atoms with Crippen molar-refractivity contribution in [3.63, 3.8) is 0 Å². The van der Waals surface area contributed by atoms with Gasteiger partial charge in [0.1, 0.15) is 16.9 Å². The van der Waals surface area contributed by atoms with E-state index in [1.807, 2.05) is 6.07 Å². The lowest BCUT2D eigenvalue weighted by atomic mass is 10.1. The van der Waals surface area contributed by atoms with Gasteiger partial charge in [0, 0.05) is 18.2 Å². The number of aliphatic hydroxyl groups is 2. The SMILES string of the molecule is N=c1c2c(nnc3ccccc13)=C(O)CCC=2O. The van der Waals surface area contributed by atoms with E-state index in [4.69, 9.17) is 5.41 Å². The molecule has 2 aromatic rings. The lowest BCUT2D eigenvalue weighted by Gasteiger charge is -2.05. The summed E-state index contributed by atoms with van der Waals surface area (Å²) < 4.78 is 0. The fourth-order valence-corrected chi connectivity index (χ4v) is 2.14. The smallest absolute Gasteiger partial charge is 0.136 e. The van der Waals surface area contributed by atoms with Gasteiger partial charge in [0.2, 0.25) is 0 Å². The molecule has 1 heterocycles. The normalized spacial score (nSPS) is 14.7. The Morgan fingerprint density at radius 2 is 1.72 bits per heavy atom. The van der Waals surface area contributed by atoms with Gasteiger partial charge >= 0.3 is 0 Å². The molecule has 0 atom stereocenters. The van der Waals surface area contributed by atoms with E-state index in [-0.39, 0.29) is 27.4 Å². The number of rotatable bonds is 0. The largest absolute Gasteiger partial charge is 0.512 e. The predicted molar refractivity (Wildman–Crippen MR) is 66.0 cm³/mol. The minimum atomic E-state index is 0.0732. The zero-order chi connectivity index (χ0) is 12.7. The molecule has 5 nitrogen and oxygen atoms in total. The molecule has 5 heteroatoms. The molecule has 0 radical (unpaired) electrons. The van der Waals surface area contributed by atoms with E-state index in [0.29, 0.717) is 23.7 Å². The molecular formula is C13H11N3O2. The fraction of sp³-hybridized carbons (Fsp3) is 0.154. The molecule has 0 fully saturated rings. The number of hydrogen-bond acceptors (Lipinski definition) is 5. The number of nitrogens with one attached hydrogen (secondary N) is 1. The van der Waals surface area contributed by atoms with Crippen molar-refractivity contribution in [3.8, 4) is 0 Å². The van der Waals surface area contributed by atoms with E-state index in [2.05, 4.69) is 10.2 Å². The van der Waals surface area contributed by atoms with Gasteiger partial charge in [-0.2, -0.15) is 0 Å². The molecule has 0 spiro atoms. The van der Waals surface area contributed by atoms with Crippen molar-refractivity contribution >= 4 is 22.4 Å². The third-order valence-corrected chi connectivity index (χ3v) is 3.08. The van der Waals surface area contributed by atoms with Crippen LogP contribution in [0.5, 0.6) is 0 Å². The average molecular weight is 241 g/mol. The van der Waals surface area contributed by atoms with Gasteiger partial charge in [-0.15, -0.1) is 10.2 Å². The topological polar surface area (TPSA) is 90.1 Å². The first-order valence-corrected chi connectivity index (χ1v) is 5.63.